The molecular weight excluding hydrogens is 245 g/mol. The molecule has 0 saturated heterocycles. The molecule has 0 bridgehead atoms. The Kier molecular flexibility index (Phi) is 3.19. The number of nitrogens with zero attached hydrogens (tertiary/aromatic N) is 1. The maximum atomic E-state index is 12.5. The first kappa shape index (κ1) is 12.7. The van der Waals surface area contributed by atoms with Gasteiger partial charge in [0.2, 0.25) is 0 Å². The summed E-state index contributed by atoms with van der Waals surface area (Å²) in [4.78, 5) is 12.2. The van der Waals surface area contributed by atoms with Gasteiger partial charge in [-0.05, 0) is 30.5 Å². The SMILES string of the molecule is Nc1cccc(CN(C(=O)C(F)(F)F)C2CC2)c1. The number of halogens is 3. The van der Waals surface area contributed by atoms with Crippen LogP contribution in [-0.4, -0.2) is 23.0 Å². The molecule has 0 radical (unpaired) electrons. The number of alkyl halides is 3. The fourth-order valence-corrected chi connectivity index (χ4v) is 1.80. The standard InChI is InChI=1S/C12H13F3N2O/c13-12(14,15)11(18)17(10-4-5-10)7-8-2-1-3-9(16)6-8/h1-3,6,10H,4-5,7,16H2. The summed E-state index contributed by atoms with van der Waals surface area (Å²) in [5.41, 5.74) is 6.65. The zero-order valence-electron chi connectivity index (χ0n) is 9.57. The van der Waals surface area contributed by atoms with E-state index in [-0.39, 0.29) is 12.6 Å². The summed E-state index contributed by atoms with van der Waals surface area (Å²) in [5, 5.41) is 0. The first-order chi connectivity index (χ1) is 8.38. The molecule has 0 spiro atoms. The third-order valence-corrected chi connectivity index (χ3v) is 2.79. The predicted molar refractivity (Wildman–Crippen MR) is 60.5 cm³/mol. The molecule has 1 aromatic rings. The van der Waals surface area contributed by atoms with Crippen LogP contribution in [0.2, 0.25) is 0 Å². The number of hydrogen-bond acceptors (Lipinski definition) is 2. The maximum absolute atomic E-state index is 12.5. The van der Waals surface area contributed by atoms with Crippen LogP contribution in [0, 0.1) is 0 Å². The highest BCUT2D eigenvalue weighted by Gasteiger charge is 2.46. The second-order valence-corrected chi connectivity index (χ2v) is 4.41. The molecule has 2 rings (SSSR count). The van der Waals surface area contributed by atoms with Crippen molar-refractivity contribution in [3.05, 3.63) is 29.8 Å². The lowest BCUT2D eigenvalue weighted by Crippen LogP contribution is -2.42. The van der Waals surface area contributed by atoms with Gasteiger partial charge in [-0.2, -0.15) is 13.2 Å². The molecule has 1 aromatic carbocycles. The van der Waals surface area contributed by atoms with Crippen molar-refractivity contribution in [1.82, 2.24) is 4.90 Å². The van der Waals surface area contributed by atoms with Gasteiger partial charge >= 0.3 is 12.1 Å². The monoisotopic (exact) mass is 258 g/mol. The number of benzene rings is 1. The summed E-state index contributed by atoms with van der Waals surface area (Å²) >= 11 is 0. The van der Waals surface area contributed by atoms with Gasteiger partial charge in [0.15, 0.2) is 0 Å². The smallest absolute Gasteiger partial charge is 0.399 e. The minimum absolute atomic E-state index is 0.0476. The van der Waals surface area contributed by atoms with E-state index >= 15 is 0 Å². The summed E-state index contributed by atoms with van der Waals surface area (Å²) < 4.78 is 37.4. The van der Waals surface area contributed by atoms with E-state index in [0.717, 1.165) is 4.90 Å². The van der Waals surface area contributed by atoms with E-state index in [4.69, 9.17) is 5.73 Å². The van der Waals surface area contributed by atoms with E-state index in [1.165, 1.54) is 0 Å². The summed E-state index contributed by atoms with van der Waals surface area (Å²) in [6, 6.07) is 6.26. The fraction of sp³-hybridized carbons (Fsp3) is 0.417. The van der Waals surface area contributed by atoms with Crippen molar-refractivity contribution in [2.75, 3.05) is 5.73 Å². The van der Waals surface area contributed by atoms with E-state index in [1.54, 1.807) is 24.3 Å². The first-order valence-corrected chi connectivity index (χ1v) is 5.60. The van der Waals surface area contributed by atoms with Gasteiger partial charge < -0.3 is 10.6 Å². The number of nitrogen functional groups attached to an aromatic ring is 1. The highest BCUT2D eigenvalue weighted by atomic mass is 19.4. The lowest BCUT2D eigenvalue weighted by atomic mass is 10.2. The van der Waals surface area contributed by atoms with E-state index in [9.17, 15) is 18.0 Å². The van der Waals surface area contributed by atoms with Gasteiger partial charge in [0, 0.05) is 18.3 Å². The Balaban J connectivity index is 2.14. The van der Waals surface area contributed by atoms with Crippen LogP contribution in [0.1, 0.15) is 18.4 Å². The molecular formula is C12H13F3N2O. The first-order valence-electron chi connectivity index (χ1n) is 5.60. The third kappa shape index (κ3) is 2.94. The van der Waals surface area contributed by atoms with E-state index in [2.05, 4.69) is 0 Å². The molecule has 1 amide bonds. The Morgan fingerprint density at radius 2 is 2.06 bits per heavy atom. The van der Waals surface area contributed by atoms with Gasteiger partial charge in [-0.3, -0.25) is 4.79 Å². The number of anilines is 1. The van der Waals surface area contributed by atoms with E-state index in [0.29, 0.717) is 24.1 Å². The Morgan fingerprint density at radius 1 is 1.39 bits per heavy atom. The second kappa shape index (κ2) is 4.51. The normalized spacial score (nSPS) is 15.5. The lowest BCUT2D eigenvalue weighted by molar-refractivity contribution is -0.186. The predicted octanol–water partition coefficient (Wildman–Crippen LogP) is 2.32. The molecule has 0 aliphatic heterocycles. The van der Waals surface area contributed by atoms with Crippen LogP contribution in [0.5, 0.6) is 0 Å². The maximum Gasteiger partial charge on any atom is 0.471 e. The van der Waals surface area contributed by atoms with Crippen molar-refractivity contribution in [1.29, 1.82) is 0 Å². The quantitative estimate of drug-likeness (QED) is 0.846. The largest absolute Gasteiger partial charge is 0.471 e. The number of carbonyl (C=O) groups excluding carboxylic acids is 1. The summed E-state index contributed by atoms with van der Waals surface area (Å²) in [7, 11) is 0. The molecule has 2 N–H and O–H groups in total. The van der Waals surface area contributed by atoms with Crippen molar-refractivity contribution >= 4 is 11.6 Å². The summed E-state index contributed by atoms with van der Waals surface area (Å²) in [6.07, 6.45) is -3.56. The molecule has 0 unspecified atom stereocenters. The zero-order chi connectivity index (χ0) is 13.3. The van der Waals surface area contributed by atoms with Crippen LogP contribution in [0.25, 0.3) is 0 Å². The highest BCUT2D eigenvalue weighted by molar-refractivity contribution is 5.82. The van der Waals surface area contributed by atoms with Gasteiger partial charge in [-0.25, -0.2) is 0 Å². The van der Waals surface area contributed by atoms with Crippen LogP contribution in [-0.2, 0) is 11.3 Å². The molecule has 1 saturated carbocycles. The third-order valence-electron chi connectivity index (χ3n) is 2.79. The van der Waals surface area contributed by atoms with Crippen LogP contribution in [0.4, 0.5) is 18.9 Å². The van der Waals surface area contributed by atoms with Crippen molar-refractivity contribution in [3.63, 3.8) is 0 Å². The van der Waals surface area contributed by atoms with Crippen molar-refractivity contribution in [2.45, 2.75) is 31.6 Å². The minimum atomic E-state index is -4.82. The number of rotatable bonds is 3. The van der Waals surface area contributed by atoms with Crippen LogP contribution in [0.15, 0.2) is 24.3 Å². The summed E-state index contributed by atoms with van der Waals surface area (Å²) in [6.45, 7) is -0.0476. The fourth-order valence-electron chi connectivity index (χ4n) is 1.80. The topological polar surface area (TPSA) is 46.3 Å². The molecule has 6 heteroatoms. The average molecular weight is 258 g/mol. The average Bonchev–Trinajstić information content (AvgIpc) is 3.07. The number of amides is 1. The minimum Gasteiger partial charge on any atom is -0.399 e. The zero-order valence-corrected chi connectivity index (χ0v) is 9.57. The van der Waals surface area contributed by atoms with Crippen molar-refractivity contribution in [2.24, 2.45) is 0 Å². The summed E-state index contributed by atoms with van der Waals surface area (Å²) in [5.74, 6) is -1.77. The van der Waals surface area contributed by atoms with Gasteiger partial charge in [0.1, 0.15) is 0 Å². The molecule has 1 fully saturated rings. The molecule has 1 aliphatic rings. The molecule has 1 aliphatic carbocycles. The molecule has 0 heterocycles. The van der Waals surface area contributed by atoms with Gasteiger partial charge in [-0.15, -0.1) is 0 Å². The number of carbonyl (C=O) groups is 1. The molecule has 0 atom stereocenters. The van der Waals surface area contributed by atoms with Crippen LogP contribution < -0.4 is 5.73 Å². The van der Waals surface area contributed by atoms with Gasteiger partial charge in [0.05, 0.1) is 0 Å². The highest BCUT2D eigenvalue weighted by Crippen LogP contribution is 2.32. The molecule has 0 aromatic heterocycles. The van der Waals surface area contributed by atoms with Gasteiger partial charge in [0.25, 0.3) is 0 Å². The van der Waals surface area contributed by atoms with Crippen LogP contribution in [0.3, 0.4) is 0 Å². The molecule has 3 nitrogen and oxygen atoms in total. The Hall–Kier alpha value is -1.72. The van der Waals surface area contributed by atoms with E-state index in [1.807, 2.05) is 0 Å². The van der Waals surface area contributed by atoms with Crippen molar-refractivity contribution in [3.8, 4) is 0 Å². The second-order valence-electron chi connectivity index (χ2n) is 4.41. The lowest BCUT2D eigenvalue weighted by Gasteiger charge is -2.23. The van der Waals surface area contributed by atoms with Crippen LogP contribution >= 0.6 is 0 Å². The molecule has 98 valence electrons. The number of hydrogen-bond donors (Lipinski definition) is 1. The van der Waals surface area contributed by atoms with Crippen molar-refractivity contribution < 1.29 is 18.0 Å². The van der Waals surface area contributed by atoms with Gasteiger partial charge in [-0.1, -0.05) is 12.1 Å². The Labute approximate surface area is 102 Å². The Morgan fingerprint density at radius 3 is 2.56 bits per heavy atom. The Bertz CT molecular complexity index is 455. The molecule has 18 heavy (non-hydrogen) atoms. The number of nitrogens with two attached hydrogens (primary N) is 1. The van der Waals surface area contributed by atoms with E-state index < -0.39 is 12.1 Å².